The predicted molar refractivity (Wildman–Crippen MR) is 84.1 cm³/mol. The monoisotopic (exact) mass is 332 g/mol. The van der Waals surface area contributed by atoms with Crippen LogP contribution in [0.15, 0.2) is 27.4 Å². The molecule has 24 heavy (non-hydrogen) atoms. The molecule has 1 heterocycles. The molecule has 2 aromatic rings. The molecule has 1 unspecified atom stereocenters. The number of carbonyl (C=O) groups excluding carboxylic acids is 1. The maximum Gasteiger partial charge on any atom is 0.420 e. The molecule has 0 aliphatic rings. The van der Waals surface area contributed by atoms with E-state index in [1.165, 1.54) is 12.1 Å². The number of rotatable bonds is 5. The van der Waals surface area contributed by atoms with Gasteiger partial charge in [0.15, 0.2) is 5.58 Å². The molecule has 0 radical (unpaired) electrons. The molecule has 1 atom stereocenters. The maximum absolute atomic E-state index is 12.2. The van der Waals surface area contributed by atoms with Gasteiger partial charge in [-0.05, 0) is 18.9 Å². The Hall–Kier alpha value is -3.15. The summed E-state index contributed by atoms with van der Waals surface area (Å²) in [4.78, 5) is 34.2. The van der Waals surface area contributed by atoms with Gasteiger partial charge in [-0.1, -0.05) is 13.8 Å². The highest BCUT2D eigenvalue weighted by Gasteiger charge is 2.30. The van der Waals surface area contributed by atoms with Gasteiger partial charge >= 0.3 is 5.76 Å². The summed E-state index contributed by atoms with van der Waals surface area (Å²) in [7, 11) is 0. The van der Waals surface area contributed by atoms with Crippen LogP contribution in [0.4, 0.5) is 5.69 Å². The molecule has 0 bridgehead atoms. The van der Waals surface area contributed by atoms with Crippen molar-refractivity contribution < 1.29 is 14.1 Å². The Bertz CT molecular complexity index is 905. The lowest BCUT2D eigenvalue weighted by Crippen LogP contribution is -2.50. The molecule has 0 aliphatic heterocycles. The van der Waals surface area contributed by atoms with Crippen LogP contribution >= 0.6 is 0 Å². The number of nitro benzene ring substituents is 1. The van der Waals surface area contributed by atoms with Gasteiger partial charge < -0.3 is 9.73 Å². The van der Waals surface area contributed by atoms with Crippen LogP contribution < -0.4 is 11.1 Å². The minimum atomic E-state index is -1.07. The van der Waals surface area contributed by atoms with E-state index < -0.39 is 22.1 Å². The van der Waals surface area contributed by atoms with Gasteiger partial charge in [-0.25, -0.2) is 4.79 Å². The van der Waals surface area contributed by atoms with Gasteiger partial charge in [0, 0.05) is 6.07 Å². The number of benzene rings is 1. The zero-order chi connectivity index (χ0) is 18.1. The van der Waals surface area contributed by atoms with Crippen LogP contribution in [0.5, 0.6) is 0 Å². The summed E-state index contributed by atoms with van der Waals surface area (Å²) in [5.41, 5.74) is -0.999. The first-order chi connectivity index (χ1) is 11.2. The van der Waals surface area contributed by atoms with Crippen LogP contribution in [0.2, 0.25) is 0 Å². The standard InChI is InChI=1S/C15H16N4O5/c1-9(2)15(3,8-16)17-13(20)7-18-11-5-4-10(19(22)23)6-12(11)24-14(18)21/h4-6,9H,7H2,1-3H3,(H,17,20). The van der Waals surface area contributed by atoms with E-state index in [9.17, 15) is 25.0 Å². The SMILES string of the molecule is CC(C)C(C)(C#N)NC(=O)Cn1c(=O)oc2cc([N+](=O)[O-])ccc21. The first-order valence-corrected chi connectivity index (χ1v) is 7.18. The molecule has 1 amide bonds. The number of nitriles is 1. The predicted octanol–water partition coefficient (Wildman–Crippen LogP) is 1.56. The lowest BCUT2D eigenvalue weighted by molar-refractivity contribution is -0.384. The van der Waals surface area contributed by atoms with Gasteiger partial charge in [-0.15, -0.1) is 0 Å². The molecule has 2 rings (SSSR count). The van der Waals surface area contributed by atoms with E-state index in [-0.39, 0.29) is 29.2 Å². The van der Waals surface area contributed by atoms with E-state index in [1.54, 1.807) is 20.8 Å². The van der Waals surface area contributed by atoms with Crippen molar-refractivity contribution in [3.63, 3.8) is 0 Å². The maximum atomic E-state index is 12.2. The van der Waals surface area contributed by atoms with E-state index in [1.807, 2.05) is 6.07 Å². The Kier molecular flexibility index (Phi) is 4.41. The first-order valence-electron chi connectivity index (χ1n) is 7.18. The zero-order valence-corrected chi connectivity index (χ0v) is 13.4. The fraction of sp³-hybridized carbons (Fsp3) is 0.400. The molecular weight excluding hydrogens is 316 g/mol. The molecule has 126 valence electrons. The molecule has 1 aromatic carbocycles. The third kappa shape index (κ3) is 3.12. The van der Waals surface area contributed by atoms with Crippen molar-refractivity contribution in [2.24, 2.45) is 5.92 Å². The number of nitrogens with one attached hydrogen (secondary N) is 1. The van der Waals surface area contributed by atoms with Crippen molar-refractivity contribution in [1.29, 1.82) is 5.26 Å². The summed E-state index contributed by atoms with van der Waals surface area (Å²) in [6.07, 6.45) is 0. The summed E-state index contributed by atoms with van der Waals surface area (Å²) in [5, 5.41) is 22.6. The highest BCUT2D eigenvalue weighted by molar-refractivity contribution is 5.81. The molecule has 0 saturated heterocycles. The molecule has 0 aliphatic carbocycles. The minimum Gasteiger partial charge on any atom is -0.407 e. The smallest absolute Gasteiger partial charge is 0.407 e. The van der Waals surface area contributed by atoms with Crippen LogP contribution in [0.3, 0.4) is 0 Å². The van der Waals surface area contributed by atoms with E-state index in [4.69, 9.17) is 4.42 Å². The highest BCUT2D eigenvalue weighted by Crippen LogP contribution is 2.20. The van der Waals surface area contributed by atoms with Gasteiger partial charge in [0.25, 0.3) is 5.69 Å². The number of nitro groups is 1. The number of carbonyl (C=O) groups is 1. The quantitative estimate of drug-likeness (QED) is 0.653. The van der Waals surface area contributed by atoms with E-state index in [0.29, 0.717) is 0 Å². The number of aromatic nitrogens is 1. The molecule has 1 aromatic heterocycles. The molecule has 9 heteroatoms. The lowest BCUT2D eigenvalue weighted by atomic mass is 9.90. The molecule has 1 N–H and O–H groups in total. The Labute approximate surface area is 136 Å². The second-order valence-corrected chi connectivity index (χ2v) is 5.88. The van der Waals surface area contributed by atoms with Crippen LogP contribution in [-0.4, -0.2) is 20.9 Å². The van der Waals surface area contributed by atoms with E-state index >= 15 is 0 Å². The molecule has 0 saturated carbocycles. The molecule has 0 fully saturated rings. The third-order valence-electron chi connectivity index (χ3n) is 3.95. The van der Waals surface area contributed by atoms with Crippen molar-refractivity contribution in [3.8, 4) is 6.07 Å². The van der Waals surface area contributed by atoms with Crippen LogP contribution in [0.25, 0.3) is 11.1 Å². The lowest BCUT2D eigenvalue weighted by Gasteiger charge is -2.27. The van der Waals surface area contributed by atoms with Gasteiger partial charge in [0.2, 0.25) is 5.91 Å². The summed E-state index contributed by atoms with van der Waals surface area (Å²) in [6, 6.07) is 5.73. The Morgan fingerprint density at radius 3 is 2.75 bits per heavy atom. The van der Waals surface area contributed by atoms with Gasteiger partial charge in [0.05, 0.1) is 22.6 Å². The van der Waals surface area contributed by atoms with E-state index in [2.05, 4.69) is 5.32 Å². The second-order valence-electron chi connectivity index (χ2n) is 5.88. The number of amides is 1. The normalized spacial score (nSPS) is 13.5. The summed E-state index contributed by atoms with van der Waals surface area (Å²) in [6.45, 7) is 4.83. The van der Waals surface area contributed by atoms with Crippen LogP contribution in [0.1, 0.15) is 20.8 Å². The number of hydrogen-bond acceptors (Lipinski definition) is 6. The summed E-state index contributed by atoms with van der Waals surface area (Å²) >= 11 is 0. The summed E-state index contributed by atoms with van der Waals surface area (Å²) in [5.74, 6) is -1.47. The molecule has 9 nitrogen and oxygen atoms in total. The second kappa shape index (κ2) is 6.16. The van der Waals surface area contributed by atoms with Gasteiger partial charge in [0.1, 0.15) is 12.1 Å². The topological polar surface area (TPSA) is 131 Å². The fourth-order valence-corrected chi connectivity index (χ4v) is 2.09. The fourth-order valence-electron chi connectivity index (χ4n) is 2.09. The zero-order valence-electron chi connectivity index (χ0n) is 13.4. The van der Waals surface area contributed by atoms with Crippen LogP contribution in [0, 0.1) is 27.4 Å². The number of non-ortho nitro benzene ring substituents is 1. The van der Waals surface area contributed by atoms with Crippen molar-refractivity contribution in [2.75, 3.05) is 0 Å². The van der Waals surface area contributed by atoms with Gasteiger partial charge in [-0.2, -0.15) is 5.26 Å². The minimum absolute atomic E-state index is 0.0221. The summed E-state index contributed by atoms with van der Waals surface area (Å²) < 4.78 is 6.01. The average Bonchev–Trinajstić information content (AvgIpc) is 2.81. The largest absolute Gasteiger partial charge is 0.420 e. The van der Waals surface area contributed by atoms with Crippen molar-refractivity contribution in [3.05, 3.63) is 38.9 Å². The first kappa shape index (κ1) is 17.2. The highest BCUT2D eigenvalue weighted by atomic mass is 16.6. The number of oxazole rings is 1. The number of hydrogen-bond donors (Lipinski definition) is 1. The molecule has 0 spiro atoms. The Balaban J connectivity index is 2.32. The number of fused-ring (bicyclic) bond motifs is 1. The van der Waals surface area contributed by atoms with Crippen molar-refractivity contribution >= 4 is 22.7 Å². The molecular formula is C15H16N4O5. The van der Waals surface area contributed by atoms with Gasteiger partial charge in [-0.3, -0.25) is 19.5 Å². The van der Waals surface area contributed by atoms with Crippen molar-refractivity contribution in [1.82, 2.24) is 9.88 Å². The van der Waals surface area contributed by atoms with Crippen LogP contribution in [-0.2, 0) is 11.3 Å². The Morgan fingerprint density at radius 1 is 1.54 bits per heavy atom. The Morgan fingerprint density at radius 2 is 2.21 bits per heavy atom. The van der Waals surface area contributed by atoms with E-state index in [0.717, 1.165) is 10.6 Å². The van der Waals surface area contributed by atoms with Crippen molar-refractivity contribution in [2.45, 2.75) is 32.9 Å². The number of nitrogens with zero attached hydrogens (tertiary/aromatic N) is 3. The average molecular weight is 332 g/mol. The third-order valence-corrected chi connectivity index (χ3v) is 3.95.